The largest absolute Gasteiger partial charge is 0.481 e. The molecule has 0 saturated heterocycles. The van der Waals surface area contributed by atoms with Crippen molar-refractivity contribution >= 4 is 33.2 Å². The number of anilines is 2. The molecule has 0 heterocycles. The van der Waals surface area contributed by atoms with E-state index in [1.165, 1.54) is 19.2 Å². The zero-order valence-electron chi connectivity index (χ0n) is 15.9. The average Bonchev–Trinajstić information content (AvgIpc) is 2.65. The molecule has 3 N–H and O–H groups in total. The van der Waals surface area contributed by atoms with Crippen LogP contribution in [0.2, 0.25) is 0 Å². The first-order valence-electron chi connectivity index (χ1n) is 8.53. The van der Waals surface area contributed by atoms with E-state index >= 15 is 0 Å². The van der Waals surface area contributed by atoms with E-state index in [1.54, 1.807) is 36.4 Å². The van der Waals surface area contributed by atoms with Gasteiger partial charge in [-0.05, 0) is 55.0 Å². The quantitative estimate of drug-likeness (QED) is 0.696. The summed E-state index contributed by atoms with van der Waals surface area (Å²) in [5.74, 6) is -0.444. The molecule has 0 aromatic heterocycles. The van der Waals surface area contributed by atoms with Crippen LogP contribution in [0.25, 0.3) is 0 Å². The van der Waals surface area contributed by atoms with Gasteiger partial charge >= 0.3 is 0 Å². The van der Waals surface area contributed by atoms with Crippen molar-refractivity contribution in [2.24, 2.45) is 5.73 Å². The lowest BCUT2D eigenvalue weighted by atomic mass is 10.2. The number of sulfonamides is 1. The molecular formula is C19H23N3O5S. The molecule has 0 fully saturated rings. The number of hydrogen-bond donors (Lipinski definition) is 2. The summed E-state index contributed by atoms with van der Waals surface area (Å²) in [5, 5.41) is 2.73. The van der Waals surface area contributed by atoms with E-state index in [0.717, 1.165) is 10.6 Å². The average molecular weight is 405 g/mol. The van der Waals surface area contributed by atoms with E-state index in [-0.39, 0.29) is 5.91 Å². The molecule has 0 aliphatic rings. The first-order valence-corrected chi connectivity index (χ1v) is 10.4. The van der Waals surface area contributed by atoms with Gasteiger partial charge in [0.15, 0.2) is 6.10 Å². The van der Waals surface area contributed by atoms with Crippen molar-refractivity contribution in [1.82, 2.24) is 0 Å². The molecule has 2 aromatic rings. The summed E-state index contributed by atoms with van der Waals surface area (Å²) in [4.78, 5) is 23.5. The number of hydrogen-bond acceptors (Lipinski definition) is 5. The van der Waals surface area contributed by atoms with Crippen molar-refractivity contribution < 1.29 is 22.7 Å². The summed E-state index contributed by atoms with van der Waals surface area (Å²) < 4.78 is 30.0. The van der Waals surface area contributed by atoms with Gasteiger partial charge in [-0.25, -0.2) is 8.42 Å². The molecule has 0 spiro atoms. The predicted octanol–water partition coefficient (Wildman–Crippen LogP) is 1.98. The lowest BCUT2D eigenvalue weighted by molar-refractivity contribution is -0.122. The summed E-state index contributed by atoms with van der Waals surface area (Å²) >= 11 is 0. The van der Waals surface area contributed by atoms with Crippen molar-refractivity contribution in [3.05, 3.63) is 54.1 Å². The van der Waals surface area contributed by atoms with Crippen molar-refractivity contribution in [1.29, 1.82) is 0 Å². The number of nitrogens with two attached hydrogens (primary N) is 1. The normalized spacial score (nSPS) is 12.1. The lowest BCUT2D eigenvalue weighted by Gasteiger charge is -2.19. The van der Waals surface area contributed by atoms with Crippen LogP contribution < -0.4 is 20.1 Å². The van der Waals surface area contributed by atoms with Crippen molar-refractivity contribution in [2.75, 3.05) is 22.9 Å². The molecule has 2 aromatic carbocycles. The van der Waals surface area contributed by atoms with E-state index in [0.29, 0.717) is 29.1 Å². The Labute approximate surface area is 164 Å². The van der Waals surface area contributed by atoms with Crippen LogP contribution in [0.5, 0.6) is 5.75 Å². The Morgan fingerprint density at radius 3 is 2.14 bits per heavy atom. The van der Waals surface area contributed by atoms with E-state index in [4.69, 9.17) is 10.5 Å². The third-order valence-electron chi connectivity index (χ3n) is 4.08. The molecule has 28 heavy (non-hydrogen) atoms. The topological polar surface area (TPSA) is 119 Å². The van der Waals surface area contributed by atoms with Crippen molar-refractivity contribution in [3.8, 4) is 5.75 Å². The highest BCUT2D eigenvalue weighted by Gasteiger charge is 2.19. The Bertz CT molecular complexity index is 941. The number of rotatable bonds is 8. The summed E-state index contributed by atoms with van der Waals surface area (Å²) in [6.45, 7) is 1.81. The molecule has 2 rings (SSSR count). The molecule has 0 saturated carbocycles. The van der Waals surface area contributed by atoms with Gasteiger partial charge in [-0.3, -0.25) is 13.9 Å². The fourth-order valence-electron chi connectivity index (χ4n) is 2.35. The van der Waals surface area contributed by atoms with E-state index in [9.17, 15) is 18.0 Å². The second kappa shape index (κ2) is 8.75. The van der Waals surface area contributed by atoms with Gasteiger partial charge in [0.05, 0.1) is 11.9 Å². The van der Waals surface area contributed by atoms with Gasteiger partial charge in [-0.2, -0.15) is 0 Å². The van der Waals surface area contributed by atoms with E-state index in [1.807, 2.05) is 6.92 Å². The van der Waals surface area contributed by atoms with Crippen molar-refractivity contribution in [2.45, 2.75) is 19.4 Å². The lowest BCUT2D eigenvalue weighted by Crippen LogP contribution is -2.32. The summed E-state index contributed by atoms with van der Waals surface area (Å²) in [7, 11) is -1.90. The van der Waals surface area contributed by atoms with Crippen LogP contribution in [0, 0.1) is 0 Å². The zero-order chi connectivity index (χ0) is 20.9. The minimum Gasteiger partial charge on any atom is -0.481 e. The third-order valence-corrected chi connectivity index (χ3v) is 5.28. The zero-order valence-corrected chi connectivity index (χ0v) is 16.7. The summed E-state index contributed by atoms with van der Waals surface area (Å²) in [5.41, 5.74) is 6.54. The van der Waals surface area contributed by atoms with Gasteiger partial charge < -0.3 is 15.8 Å². The van der Waals surface area contributed by atoms with Crippen LogP contribution in [-0.4, -0.2) is 39.6 Å². The number of carbonyl (C=O) groups excluding carboxylic acids is 2. The molecule has 8 nitrogen and oxygen atoms in total. The van der Waals surface area contributed by atoms with E-state index in [2.05, 4.69) is 5.32 Å². The minimum atomic E-state index is -3.35. The maximum atomic E-state index is 12.5. The smallest absolute Gasteiger partial charge is 0.265 e. The third kappa shape index (κ3) is 5.46. The molecule has 9 heteroatoms. The van der Waals surface area contributed by atoms with Gasteiger partial charge in [0.1, 0.15) is 5.75 Å². The second-order valence-electron chi connectivity index (χ2n) is 6.17. The van der Waals surface area contributed by atoms with Crippen LogP contribution >= 0.6 is 0 Å². The maximum absolute atomic E-state index is 12.5. The fourth-order valence-corrected chi connectivity index (χ4v) is 2.86. The van der Waals surface area contributed by atoms with Crippen LogP contribution in [0.4, 0.5) is 11.4 Å². The number of primary amides is 1. The van der Waals surface area contributed by atoms with Crippen LogP contribution in [0.15, 0.2) is 48.5 Å². The Kier molecular flexibility index (Phi) is 6.63. The molecular weight excluding hydrogens is 382 g/mol. The highest BCUT2D eigenvalue weighted by molar-refractivity contribution is 7.92. The summed E-state index contributed by atoms with van der Waals surface area (Å²) in [6.07, 6.45) is 0.801. The number of nitrogens with one attached hydrogen (secondary N) is 1. The van der Waals surface area contributed by atoms with Gasteiger partial charge in [0.25, 0.3) is 5.91 Å². The highest BCUT2D eigenvalue weighted by Crippen LogP contribution is 2.22. The second-order valence-corrected chi connectivity index (χ2v) is 8.18. The summed E-state index contributed by atoms with van der Waals surface area (Å²) in [6, 6.07) is 12.6. The predicted molar refractivity (Wildman–Crippen MR) is 108 cm³/mol. The minimum absolute atomic E-state index is 0.341. The standard InChI is InChI=1S/C19H23N3O5S/c1-4-17(19(24)21-14-7-5-13(6-8-14)18(20)23)27-16-11-9-15(10-12-16)22(2)28(3,25)26/h5-12,17H,4H2,1-3H3,(H2,20,23)(H,21,24)/t17-/m0/s1. The Morgan fingerprint density at radius 2 is 1.68 bits per heavy atom. The van der Waals surface area contributed by atoms with Gasteiger partial charge in [-0.1, -0.05) is 6.92 Å². The Morgan fingerprint density at radius 1 is 1.11 bits per heavy atom. The molecule has 150 valence electrons. The van der Waals surface area contributed by atoms with Crippen LogP contribution in [0.1, 0.15) is 23.7 Å². The molecule has 2 amide bonds. The molecule has 0 radical (unpaired) electrons. The highest BCUT2D eigenvalue weighted by atomic mass is 32.2. The number of amides is 2. The Hall–Kier alpha value is -3.07. The first kappa shape index (κ1) is 21.2. The Balaban J connectivity index is 2.04. The number of benzene rings is 2. The number of carbonyl (C=O) groups is 2. The maximum Gasteiger partial charge on any atom is 0.265 e. The van der Waals surface area contributed by atoms with Gasteiger partial charge in [0, 0.05) is 18.3 Å². The first-order chi connectivity index (χ1) is 13.1. The number of ether oxygens (including phenoxy) is 1. The molecule has 0 bridgehead atoms. The van der Waals surface area contributed by atoms with Crippen LogP contribution in [-0.2, 0) is 14.8 Å². The SMILES string of the molecule is CC[C@H](Oc1ccc(N(C)S(C)(=O)=O)cc1)C(=O)Nc1ccc(C(N)=O)cc1. The van der Waals surface area contributed by atoms with E-state index < -0.39 is 22.0 Å². The monoisotopic (exact) mass is 405 g/mol. The van der Waals surface area contributed by atoms with Gasteiger partial charge in [-0.15, -0.1) is 0 Å². The van der Waals surface area contributed by atoms with Crippen molar-refractivity contribution in [3.63, 3.8) is 0 Å². The molecule has 0 aliphatic heterocycles. The van der Waals surface area contributed by atoms with Gasteiger partial charge in [0.2, 0.25) is 15.9 Å². The fraction of sp³-hybridized carbons (Fsp3) is 0.263. The molecule has 0 unspecified atom stereocenters. The molecule has 1 atom stereocenters. The van der Waals surface area contributed by atoms with Crippen LogP contribution in [0.3, 0.4) is 0 Å². The molecule has 0 aliphatic carbocycles. The number of nitrogens with zero attached hydrogens (tertiary/aromatic N) is 1.